The molecule has 1 saturated carbocycles. The van der Waals surface area contributed by atoms with Crippen LogP contribution < -0.4 is 4.74 Å². The minimum Gasteiger partial charge on any atom is -0.497 e. The molecule has 1 unspecified atom stereocenters. The van der Waals surface area contributed by atoms with Gasteiger partial charge in [-0.2, -0.15) is 0 Å². The Hall–Kier alpha value is -1.06. The number of aliphatic hydroxyl groups is 2. The normalized spacial score (nSPS) is 20.4. The van der Waals surface area contributed by atoms with Crippen LogP contribution in [0.1, 0.15) is 43.6 Å². The molecule has 1 aliphatic rings. The first kappa shape index (κ1) is 13.4. The number of benzene rings is 1. The molecule has 2 N–H and O–H groups in total. The monoisotopic (exact) mass is 250 g/mol. The first-order chi connectivity index (χ1) is 8.69. The van der Waals surface area contributed by atoms with Crippen LogP contribution in [0, 0.1) is 0 Å². The van der Waals surface area contributed by atoms with E-state index in [-0.39, 0.29) is 12.5 Å². The van der Waals surface area contributed by atoms with Gasteiger partial charge in [-0.15, -0.1) is 0 Å². The zero-order valence-electron chi connectivity index (χ0n) is 10.9. The van der Waals surface area contributed by atoms with Crippen LogP contribution in [0.3, 0.4) is 0 Å². The molecule has 0 heterocycles. The van der Waals surface area contributed by atoms with Gasteiger partial charge in [-0.05, 0) is 30.5 Å². The van der Waals surface area contributed by atoms with E-state index in [1.54, 1.807) is 7.11 Å². The van der Waals surface area contributed by atoms with Crippen molar-refractivity contribution in [3.05, 3.63) is 29.8 Å². The lowest BCUT2D eigenvalue weighted by molar-refractivity contribution is -0.0363. The number of rotatable bonds is 4. The summed E-state index contributed by atoms with van der Waals surface area (Å²) in [7, 11) is 1.63. The van der Waals surface area contributed by atoms with Crippen LogP contribution >= 0.6 is 0 Å². The molecule has 0 aliphatic heterocycles. The summed E-state index contributed by atoms with van der Waals surface area (Å²) in [4.78, 5) is 0. The van der Waals surface area contributed by atoms with Crippen molar-refractivity contribution in [3.63, 3.8) is 0 Å². The van der Waals surface area contributed by atoms with E-state index >= 15 is 0 Å². The number of hydrogen-bond acceptors (Lipinski definition) is 3. The highest BCUT2D eigenvalue weighted by Gasteiger charge is 2.38. The Morgan fingerprint density at radius 3 is 2.28 bits per heavy atom. The van der Waals surface area contributed by atoms with Crippen molar-refractivity contribution >= 4 is 0 Å². The third-order valence-electron chi connectivity index (χ3n) is 4.07. The average Bonchev–Trinajstić information content (AvgIpc) is 2.41. The average molecular weight is 250 g/mol. The summed E-state index contributed by atoms with van der Waals surface area (Å²) in [6.07, 6.45) is 4.84. The Balaban J connectivity index is 2.20. The van der Waals surface area contributed by atoms with Crippen LogP contribution in [0.15, 0.2) is 24.3 Å². The van der Waals surface area contributed by atoms with Crippen molar-refractivity contribution < 1.29 is 14.9 Å². The van der Waals surface area contributed by atoms with Gasteiger partial charge in [0.25, 0.3) is 0 Å². The molecule has 0 spiro atoms. The molecule has 18 heavy (non-hydrogen) atoms. The van der Waals surface area contributed by atoms with Gasteiger partial charge >= 0.3 is 0 Å². The van der Waals surface area contributed by atoms with Gasteiger partial charge in [0.2, 0.25) is 0 Å². The van der Waals surface area contributed by atoms with Crippen molar-refractivity contribution in [1.29, 1.82) is 0 Å². The molecule has 2 rings (SSSR count). The summed E-state index contributed by atoms with van der Waals surface area (Å²) in [5, 5.41) is 20.4. The summed E-state index contributed by atoms with van der Waals surface area (Å²) in [5.41, 5.74) is 0.240. The number of methoxy groups -OCH3 is 1. The molecule has 1 aromatic rings. The molecular weight excluding hydrogens is 228 g/mol. The van der Waals surface area contributed by atoms with E-state index in [1.807, 2.05) is 24.3 Å². The highest BCUT2D eigenvalue weighted by atomic mass is 16.5. The Morgan fingerprint density at radius 1 is 1.17 bits per heavy atom. The van der Waals surface area contributed by atoms with E-state index in [9.17, 15) is 10.2 Å². The minimum atomic E-state index is -0.748. The first-order valence-corrected chi connectivity index (χ1v) is 6.67. The molecule has 3 heteroatoms. The molecule has 0 amide bonds. The fraction of sp³-hybridized carbons (Fsp3) is 0.600. The Morgan fingerprint density at radius 2 is 1.78 bits per heavy atom. The van der Waals surface area contributed by atoms with Crippen LogP contribution in [-0.2, 0) is 0 Å². The second kappa shape index (κ2) is 5.72. The van der Waals surface area contributed by atoms with Gasteiger partial charge in [0.05, 0.1) is 19.3 Å². The van der Waals surface area contributed by atoms with E-state index in [1.165, 1.54) is 6.42 Å². The summed E-state index contributed by atoms with van der Waals surface area (Å²) < 4.78 is 5.13. The highest BCUT2D eigenvalue weighted by Crippen LogP contribution is 2.39. The summed E-state index contributed by atoms with van der Waals surface area (Å²) in [5.74, 6) is 0.606. The lowest BCUT2D eigenvalue weighted by Gasteiger charge is -2.38. The van der Waals surface area contributed by atoms with Crippen molar-refractivity contribution in [2.45, 2.75) is 43.6 Å². The standard InChI is InChI=1S/C15H22O3/c1-18-13-7-5-12(6-8-13)14(11-16)15(17)9-3-2-4-10-15/h5-8,14,16-17H,2-4,9-11H2,1H3. The summed E-state index contributed by atoms with van der Waals surface area (Å²) in [6, 6.07) is 7.63. The zero-order chi connectivity index (χ0) is 13.0. The molecule has 1 aliphatic carbocycles. The zero-order valence-corrected chi connectivity index (χ0v) is 10.9. The van der Waals surface area contributed by atoms with E-state index in [0.717, 1.165) is 37.0 Å². The fourth-order valence-electron chi connectivity index (χ4n) is 2.93. The molecule has 1 aromatic carbocycles. The first-order valence-electron chi connectivity index (χ1n) is 6.67. The van der Waals surface area contributed by atoms with E-state index in [4.69, 9.17) is 4.74 Å². The van der Waals surface area contributed by atoms with Gasteiger partial charge in [-0.3, -0.25) is 0 Å². The van der Waals surface area contributed by atoms with Crippen molar-refractivity contribution in [1.82, 2.24) is 0 Å². The maximum atomic E-state index is 10.7. The van der Waals surface area contributed by atoms with Crippen LogP contribution in [0.4, 0.5) is 0 Å². The highest BCUT2D eigenvalue weighted by molar-refractivity contribution is 5.31. The lowest BCUT2D eigenvalue weighted by Crippen LogP contribution is -2.40. The Bertz CT molecular complexity index is 366. The largest absolute Gasteiger partial charge is 0.497 e. The summed E-state index contributed by atoms with van der Waals surface area (Å²) >= 11 is 0. The Kier molecular flexibility index (Phi) is 4.25. The number of ether oxygens (including phenoxy) is 1. The predicted molar refractivity (Wildman–Crippen MR) is 70.9 cm³/mol. The maximum absolute atomic E-state index is 10.7. The second-order valence-electron chi connectivity index (χ2n) is 5.17. The number of hydrogen-bond donors (Lipinski definition) is 2. The van der Waals surface area contributed by atoms with Gasteiger partial charge in [0.15, 0.2) is 0 Å². The van der Waals surface area contributed by atoms with Crippen LogP contribution in [0.5, 0.6) is 5.75 Å². The topological polar surface area (TPSA) is 49.7 Å². The van der Waals surface area contributed by atoms with Gasteiger partial charge in [-0.25, -0.2) is 0 Å². The molecule has 0 radical (unpaired) electrons. The van der Waals surface area contributed by atoms with Crippen LogP contribution in [-0.4, -0.2) is 29.5 Å². The SMILES string of the molecule is COc1ccc(C(CO)C2(O)CCCCC2)cc1. The van der Waals surface area contributed by atoms with E-state index in [0.29, 0.717) is 0 Å². The molecule has 100 valence electrons. The smallest absolute Gasteiger partial charge is 0.118 e. The minimum absolute atomic E-state index is 0.0111. The second-order valence-corrected chi connectivity index (χ2v) is 5.17. The predicted octanol–water partition coefficient (Wildman–Crippen LogP) is 2.47. The molecule has 1 atom stereocenters. The van der Waals surface area contributed by atoms with Gasteiger partial charge < -0.3 is 14.9 Å². The molecule has 1 fully saturated rings. The molecular formula is C15H22O3. The fourth-order valence-corrected chi connectivity index (χ4v) is 2.93. The van der Waals surface area contributed by atoms with Gasteiger partial charge in [-0.1, -0.05) is 31.4 Å². The maximum Gasteiger partial charge on any atom is 0.118 e. The van der Waals surface area contributed by atoms with E-state index < -0.39 is 5.60 Å². The quantitative estimate of drug-likeness (QED) is 0.863. The number of aliphatic hydroxyl groups excluding tert-OH is 1. The van der Waals surface area contributed by atoms with Crippen molar-refractivity contribution in [2.24, 2.45) is 0 Å². The molecule has 0 bridgehead atoms. The van der Waals surface area contributed by atoms with Gasteiger partial charge in [0, 0.05) is 5.92 Å². The lowest BCUT2D eigenvalue weighted by atomic mass is 9.73. The van der Waals surface area contributed by atoms with E-state index in [2.05, 4.69) is 0 Å². The molecule has 0 aromatic heterocycles. The van der Waals surface area contributed by atoms with Crippen LogP contribution in [0.25, 0.3) is 0 Å². The summed E-state index contributed by atoms with van der Waals surface area (Å²) in [6.45, 7) is -0.0111. The molecule has 3 nitrogen and oxygen atoms in total. The third kappa shape index (κ3) is 2.68. The Labute approximate surface area is 108 Å². The van der Waals surface area contributed by atoms with Crippen LogP contribution in [0.2, 0.25) is 0 Å². The third-order valence-corrected chi connectivity index (χ3v) is 4.07. The molecule has 0 saturated heterocycles. The van der Waals surface area contributed by atoms with Gasteiger partial charge in [0.1, 0.15) is 5.75 Å². The van der Waals surface area contributed by atoms with Crippen molar-refractivity contribution in [2.75, 3.05) is 13.7 Å². The van der Waals surface area contributed by atoms with Crippen molar-refractivity contribution in [3.8, 4) is 5.75 Å².